The molecule has 10 heteroatoms. The molecule has 0 saturated heterocycles. The van der Waals surface area contributed by atoms with E-state index in [-0.39, 0.29) is 23.8 Å². The molecule has 1 aliphatic carbocycles. The Morgan fingerprint density at radius 1 is 1.00 bits per heavy atom. The Morgan fingerprint density at radius 3 is 2.19 bits per heavy atom. The van der Waals surface area contributed by atoms with Gasteiger partial charge in [0.1, 0.15) is 16.1 Å². The van der Waals surface area contributed by atoms with E-state index < -0.39 is 16.7 Å². The summed E-state index contributed by atoms with van der Waals surface area (Å²) in [5.74, 6) is -0.636. The summed E-state index contributed by atoms with van der Waals surface area (Å²) in [7, 11) is 0. The number of rotatable bonds is 7. The van der Waals surface area contributed by atoms with Gasteiger partial charge in [0, 0.05) is 23.2 Å². The van der Waals surface area contributed by atoms with E-state index in [9.17, 15) is 22.8 Å². The lowest BCUT2D eigenvalue weighted by Gasteiger charge is -2.28. The topological polar surface area (TPSA) is 67.9 Å². The van der Waals surface area contributed by atoms with Gasteiger partial charge >= 0.3 is 18.4 Å². The first-order valence-corrected chi connectivity index (χ1v) is 12.9. The minimum Gasteiger partial charge on any atom is -0.459 e. The number of amides is 2. The first-order chi connectivity index (χ1) is 17.1. The Balaban J connectivity index is 1.64. The Kier molecular flexibility index (Phi) is 8.41. The van der Waals surface area contributed by atoms with E-state index in [2.05, 4.69) is 16.1 Å². The summed E-state index contributed by atoms with van der Waals surface area (Å²) in [6, 6.07) is 10.7. The van der Waals surface area contributed by atoms with E-state index in [4.69, 9.17) is 4.74 Å². The normalized spacial score (nSPS) is 15.6. The number of alkyl halides is 3. The number of hydrogen-bond donors (Lipinski definition) is 1. The molecule has 1 atom stereocenters. The maximum Gasteiger partial charge on any atom is 0.573 e. The van der Waals surface area contributed by atoms with Crippen LogP contribution in [0.3, 0.4) is 0 Å². The molecule has 0 aromatic heterocycles. The second-order valence-corrected chi connectivity index (χ2v) is 12.1. The summed E-state index contributed by atoms with van der Waals surface area (Å²) in [4.78, 5) is 28.3. The highest BCUT2D eigenvalue weighted by Gasteiger charge is 2.35. The highest BCUT2D eigenvalue weighted by Crippen LogP contribution is 2.37. The first-order valence-electron chi connectivity index (χ1n) is 12.0. The zero-order valence-corrected chi connectivity index (χ0v) is 22.7. The Hall–Kier alpha value is -2.88. The van der Waals surface area contributed by atoms with E-state index in [1.54, 1.807) is 4.90 Å². The Labute approximate surface area is 219 Å². The standard InChI is InChI=1S/C27H33F3N2O4S/c1-7-32(24(34)31-19-9-11-21(12-10-19)35-27(28,29)30)20-14-17-8-13-22(16-18(17)15-20)37-26(5,6)23(33)36-25(2,3)4/h8-13,16,20H,7,14-15H2,1-6H3,(H,31,34)/t20-/m1/s1. The smallest absolute Gasteiger partial charge is 0.459 e. The molecule has 0 fully saturated rings. The number of carbonyl (C=O) groups is 2. The summed E-state index contributed by atoms with van der Waals surface area (Å²) >= 11 is 1.44. The second kappa shape index (κ2) is 10.8. The molecule has 2 amide bonds. The van der Waals surface area contributed by atoms with Gasteiger partial charge in [0.15, 0.2) is 0 Å². The maximum absolute atomic E-state index is 13.0. The summed E-state index contributed by atoms with van der Waals surface area (Å²) in [5, 5.41) is 2.75. The van der Waals surface area contributed by atoms with E-state index in [0.29, 0.717) is 25.1 Å². The van der Waals surface area contributed by atoms with Gasteiger partial charge in [0.05, 0.1) is 0 Å². The van der Waals surface area contributed by atoms with Crippen LogP contribution in [-0.4, -0.2) is 46.2 Å². The number of fused-ring (bicyclic) bond motifs is 1. The summed E-state index contributed by atoms with van der Waals surface area (Å²) < 4.78 is 45.8. The van der Waals surface area contributed by atoms with Crippen molar-refractivity contribution in [3.05, 3.63) is 53.6 Å². The number of ether oxygens (including phenoxy) is 2. The van der Waals surface area contributed by atoms with Crippen LogP contribution in [-0.2, 0) is 22.4 Å². The van der Waals surface area contributed by atoms with E-state index in [1.807, 2.05) is 53.7 Å². The summed E-state index contributed by atoms with van der Waals surface area (Å²) in [6.07, 6.45) is -3.42. The number of benzene rings is 2. The number of hydrogen-bond acceptors (Lipinski definition) is 5. The third-order valence-corrected chi connectivity index (χ3v) is 6.90. The van der Waals surface area contributed by atoms with Crippen molar-refractivity contribution in [3.8, 4) is 5.75 Å². The molecule has 2 aromatic rings. The molecule has 0 radical (unpaired) electrons. The highest BCUT2D eigenvalue weighted by atomic mass is 32.2. The number of thioether (sulfide) groups is 1. The number of nitrogens with zero attached hydrogens (tertiary/aromatic N) is 1. The fraction of sp³-hybridized carbons (Fsp3) is 0.481. The number of esters is 1. The van der Waals surface area contributed by atoms with Crippen LogP contribution in [0.25, 0.3) is 0 Å². The van der Waals surface area contributed by atoms with Crippen molar-refractivity contribution in [1.82, 2.24) is 4.90 Å². The highest BCUT2D eigenvalue weighted by molar-refractivity contribution is 8.01. The van der Waals surface area contributed by atoms with Gasteiger partial charge in [-0.2, -0.15) is 0 Å². The fourth-order valence-electron chi connectivity index (χ4n) is 4.10. The third-order valence-electron chi connectivity index (χ3n) is 5.73. The third kappa shape index (κ3) is 8.05. The number of likely N-dealkylation sites (N-methyl/N-ethyl adjacent to an activating group) is 1. The molecule has 3 rings (SSSR count). The first kappa shape index (κ1) is 28.7. The van der Waals surface area contributed by atoms with Gasteiger partial charge in [0.2, 0.25) is 0 Å². The molecule has 0 bridgehead atoms. The molecule has 6 nitrogen and oxygen atoms in total. The zero-order chi connectivity index (χ0) is 27.6. The Bertz CT molecular complexity index is 1130. The van der Waals surface area contributed by atoms with E-state index in [1.165, 1.54) is 23.9 Å². The molecule has 202 valence electrons. The van der Waals surface area contributed by atoms with Crippen LogP contribution in [0.2, 0.25) is 0 Å². The number of anilines is 1. The van der Waals surface area contributed by atoms with Crippen molar-refractivity contribution >= 4 is 29.4 Å². The quantitative estimate of drug-likeness (QED) is 0.310. The molecular weight excluding hydrogens is 505 g/mol. The van der Waals surface area contributed by atoms with Crippen LogP contribution in [0, 0.1) is 0 Å². The van der Waals surface area contributed by atoms with Crippen molar-refractivity contribution in [1.29, 1.82) is 0 Å². The van der Waals surface area contributed by atoms with Crippen LogP contribution in [0.4, 0.5) is 23.7 Å². The van der Waals surface area contributed by atoms with Crippen LogP contribution in [0.5, 0.6) is 5.75 Å². The van der Waals surface area contributed by atoms with Crippen molar-refractivity contribution in [2.24, 2.45) is 0 Å². The monoisotopic (exact) mass is 538 g/mol. The average Bonchev–Trinajstić information content (AvgIpc) is 3.16. The zero-order valence-electron chi connectivity index (χ0n) is 21.9. The SMILES string of the molecule is CCN(C(=O)Nc1ccc(OC(F)(F)F)cc1)[C@@H]1Cc2ccc(SC(C)(C)C(=O)OC(C)(C)C)cc2C1. The number of carbonyl (C=O) groups excluding carboxylic acids is 2. The lowest BCUT2D eigenvalue weighted by atomic mass is 10.1. The molecule has 0 aliphatic heterocycles. The lowest BCUT2D eigenvalue weighted by Crippen LogP contribution is -2.43. The van der Waals surface area contributed by atoms with Crippen LogP contribution in [0.15, 0.2) is 47.4 Å². The number of urea groups is 1. The minimum absolute atomic E-state index is 0.0630. The predicted molar refractivity (Wildman–Crippen MR) is 138 cm³/mol. The Morgan fingerprint density at radius 2 is 1.62 bits per heavy atom. The van der Waals surface area contributed by atoms with Gasteiger partial charge in [-0.15, -0.1) is 24.9 Å². The summed E-state index contributed by atoms with van der Waals surface area (Å²) in [6.45, 7) is 11.6. The molecule has 37 heavy (non-hydrogen) atoms. The molecule has 2 aromatic carbocycles. The molecule has 0 heterocycles. The fourth-order valence-corrected chi connectivity index (χ4v) is 5.15. The molecule has 0 unspecified atom stereocenters. The maximum atomic E-state index is 13.0. The van der Waals surface area contributed by atoms with E-state index in [0.717, 1.165) is 28.2 Å². The van der Waals surface area contributed by atoms with Crippen LogP contribution in [0.1, 0.15) is 52.7 Å². The van der Waals surface area contributed by atoms with Gasteiger partial charge in [0.25, 0.3) is 0 Å². The molecule has 1 aliphatic rings. The largest absolute Gasteiger partial charge is 0.573 e. The van der Waals surface area contributed by atoms with Gasteiger partial charge < -0.3 is 19.7 Å². The van der Waals surface area contributed by atoms with Crippen molar-refractivity contribution in [2.75, 3.05) is 11.9 Å². The van der Waals surface area contributed by atoms with Gasteiger partial charge in [-0.3, -0.25) is 4.79 Å². The minimum atomic E-state index is -4.77. The molecule has 0 spiro atoms. The summed E-state index contributed by atoms with van der Waals surface area (Å²) in [5.41, 5.74) is 2.07. The average molecular weight is 539 g/mol. The molecule has 1 N–H and O–H groups in total. The second-order valence-electron chi connectivity index (χ2n) is 10.4. The van der Waals surface area contributed by atoms with Gasteiger partial charge in [-0.25, -0.2) is 4.79 Å². The van der Waals surface area contributed by atoms with Gasteiger partial charge in [-0.05, 0) is 102 Å². The van der Waals surface area contributed by atoms with Crippen molar-refractivity contribution in [2.45, 2.75) is 82.0 Å². The van der Waals surface area contributed by atoms with E-state index >= 15 is 0 Å². The van der Waals surface area contributed by atoms with Crippen molar-refractivity contribution < 1.29 is 32.2 Å². The predicted octanol–water partition coefficient (Wildman–Crippen LogP) is 6.82. The molecular formula is C27H33F3N2O4S. The van der Waals surface area contributed by atoms with Gasteiger partial charge in [-0.1, -0.05) is 6.07 Å². The van der Waals surface area contributed by atoms with Crippen LogP contribution >= 0.6 is 11.8 Å². The lowest BCUT2D eigenvalue weighted by molar-refractivity contribution is -0.274. The van der Waals surface area contributed by atoms with Crippen molar-refractivity contribution in [3.63, 3.8) is 0 Å². The molecule has 0 saturated carbocycles. The number of nitrogens with one attached hydrogen (secondary N) is 1. The number of halogens is 3. The van der Waals surface area contributed by atoms with Crippen LogP contribution < -0.4 is 10.1 Å².